The van der Waals surface area contributed by atoms with E-state index in [0.717, 1.165) is 25.4 Å². The van der Waals surface area contributed by atoms with Crippen LogP contribution in [0.4, 0.5) is 0 Å². The molecule has 0 aromatic rings. The quantitative estimate of drug-likeness (QED) is 0.635. The van der Waals surface area contributed by atoms with E-state index in [1.54, 1.807) is 19.4 Å². The minimum atomic E-state index is 0.501. The van der Waals surface area contributed by atoms with Crippen molar-refractivity contribution >= 4 is 6.21 Å². The van der Waals surface area contributed by atoms with Crippen LogP contribution in [0.3, 0.4) is 0 Å². The number of methoxy groups -OCH3 is 1. The Hall–Kier alpha value is -0.830. The Morgan fingerprint density at radius 1 is 1.58 bits per heavy atom. The first-order valence-electron chi connectivity index (χ1n) is 4.25. The number of hydrogen-bond donors (Lipinski definition) is 1. The van der Waals surface area contributed by atoms with E-state index in [4.69, 9.17) is 10.5 Å². The van der Waals surface area contributed by atoms with Crippen LogP contribution < -0.4 is 5.73 Å². The van der Waals surface area contributed by atoms with Crippen LogP contribution in [0.15, 0.2) is 17.3 Å². The third kappa shape index (κ3) is 2.66. The van der Waals surface area contributed by atoms with Gasteiger partial charge in [-0.25, -0.2) is 0 Å². The molecule has 0 saturated heterocycles. The Morgan fingerprint density at radius 3 is 2.92 bits per heavy atom. The molecular formula is C9H16N2O. The van der Waals surface area contributed by atoms with Gasteiger partial charge in [-0.05, 0) is 31.0 Å². The van der Waals surface area contributed by atoms with E-state index in [2.05, 4.69) is 4.99 Å². The lowest BCUT2D eigenvalue weighted by Gasteiger charge is -2.31. The van der Waals surface area contributed by atoms with E-state index in [-0.39, 0.29) is 0 Å². The highest BCUT2D eigenvalue weighted by Gasteiger charge is 2.27. The molecule has 0 atom stereocenters. The van der Waals surface area contributed by atoms with Gasteiger partial charge in [-0.2, -0.15) is 0 Å². The minimum absolute atomic E-state index is 0.501. The monoisotopic (exact) mass is 168 g/mol. The Morgan fingerprint density at radius 2 is 2.33 bits per heavy atom. The van der Waals surface area contributed by atoms with Crippen LogP contribution in [-0.2, 0) is 4.74 Å². The first-order valence-corrected chi connectivity index (χ1v) is 4.25. The summed E-state index contributed by atoms with van der Waals surface area (Å²) in [5.41, 5.74) is 5.16. The van der Waals surface area contributed by atoms with Gasteiger partial charge in [0.2, 0.25) is 0 Å². The molecule has 0 bridgehead atoms. The van der Waals surface area contributed by atoms with Gasteiger partial charge in [0.1, 0.15) is 0 Å². The standard InChI is InChI=1S/C9H16N2O/c1-12-7-8-5-9(6-8)11-4-2-3-10/h2-4,8-9H,5-7,10H2,1H3/b3-2-,11-4?. The van der Waals surface area contributed by atoms with Crippen molar-refractivity contribution < 1.29 is 4.74 Å². The summed E-state index contributed by atoms with van der Waals surface area (Å²) >= 11 is 0. The van der Waals surface area contributed by atoms with E-state index < -0.39 is 0 Å². The number of ether oxygens (including phenoxy) is 1. The number of nitrogens with two attached hydrogens (primary N) is 1. The van der Waals surface area contributed by atoms with Crippen molar-refractivity contribution in [3.05, 3.63) is 12.3 Å². The van der Waals surface area contributed by atoms with Crippen molar-refractivity contribution in [2.75, 3.05) is 13.7 Å². The van der Waals surface area contributed by atoms with Gasteiger partial charge >= 0.3 is 0 Å². The molecule has 1 fully saturated rings. The molecule has 12 heavy (non-hydrogen) atoms. The molecule has 0 radical (unpaired) electrons. The van der Waals surface area contributed by atoms with Gasteiger partial charge < -0.3 is 10.5 Å². The van der Waals surface area contributed by atoms with Gasteiger partial charge in [0.05, 0.1) is 6.04 Å². The molecule has 0 aliphatic heterocycles. The Labute approximate surface area is 73.3 Å². The normalized spacial score (nSPS) is 29.8. The van der Waals surface area contributed by atoms with Gasteiger partial charge in [0, 0.05) is 19.9 Å². The molecule has 3 heteroatoms. The SMILES string of the molecule is COCC1CC(N=C/C=C\N)C1. The molecule has 1 rings (SSSR count). The van der Waals surface area contributed by atoms with Gasteiger partial charge in [-0.15, -0.1) is 0 Å². The maximum Gasteiger partial charge on any atom is 0.0506 e. The molecule has 0 heterocycles. The Bertz CT molecular complexity index is 171. The summed E-state index contributed by atoms with van der Waals surface area (Å²) in [5, 5.41) is 0. The second kappa shape index (κ2) is 4.93. The zero-order valence-corrected chi connectivity index (χ0v) is 7.44. The lowest BCUT2D eigenvalue weighted by Crippen LogP contribution is -2.30. The van der Waals surface area contributed by atoms with Crippen molar-refractivity contribution in [2.45, 2.75) is 18.9 Å². The molecular weight excluding hydrogens is 152 g/mol. The number of nitrogens with zero attached hydrogens (tertiary/aromatic N) is 1. The smallest absolute Gasteiger partial charge is 0.0506 e. The van der Waals surface area contributed by atoms with Crippen LogP contribution in [0.25, 0.3) is 0 Å². The Balaban J connectivity index is 2.09. The summed E-state index contributed by atoms with van der Waals surface area (Å²) in [5.74, 6) is 0.721. The lowest BCUT2D eigenvalue weighted by atomic mass is 9.81. The number of rotatable bonds is 4. The van der Waals surface area contributed by atoms with E-state index in [1.165, 1.54) is 6.20 Å². The van der Waals surface area contributed by atoms with Gasteiger partial charge in [0.15, 0.2) is 0 Å². The summed E-state index contributed by atoms with van der Waals surface area (Å²) in [6, 6.07) is 0.501. The molecule has 1 saturated carbocycles. The fourth-order valence-electron chi connectivity index (χ4n) is 1.42. The maximum atomic E-state index is 5.16. The molecule has 0 aromatic carbocycles. The number of allylic oxidation sites excluding steroid dienone is 1. The topological polar surface area (TPSA) is 47.6 Å². The summed E-state index contributed by atoms with van der Waals surface area (Å²) in [7, 11) is 1.74. The van der Waals surface area contributed by atoms with Crippen LogP contribution in [0.5, 0.6) is 0 Å². The minimum Gasteiger partial charge on any atom is -0.405 e. The van der Waals surface area contributed by atoms with E-state index in [1.807, 2.05) is 0 Å². The first-order chi connectivity index (χ1) is 5.86. The van der Waals surface area contributed by atoms with Gasteiger partial charge in [-0.1, -0.05) is 0 Å². The van der Waals surface area contributed by atoms with E-state index >= 15 is 0 Å². The number of hydrogen-bond acceptors (Lipinski definition) is 3. The average molecular weight is 168 g/mol. The van der Waals surface area contributed by atoms with Crippen molar-refractivity contribution in [3.8, 4) is 0 Å². The van der Waals surface area contributed by atoms with Crippen LogP contribution in [0.2, 0.25) is 0 Å². The molecule has 0 spiro atoms. The third-order valence-corrected chi connectivity index (χ3v) is 2.11. The first kappa shape index (κ1) is 9.26. The second-order valence-electron chi connectivity index (χ2n) is 3.13. The van der Waals surface area contributed by atoms with Crippen molar-refractivity contribution in [3.63, 3.8) is 0 Å². The summed E-state index contributed by atoms with van der Waals surface area (Å²) in [6.45, 7) is 0.874. The summed E-state index contributed by atoms with van der Waals surface area (Å²) in [4.78, 5) is 4.30. The maximum absolute atomic E-state index is 5.16. The van der Waals surface area contributed by atoms with Gasteiger partial charge in [0.25, 0.3) is 0 Å². The molecule has 0 amide bonds. The summed E-state index contributed by atoms with van der Waals surface area (Å²) in [6.07, 6.45) is 7.33. The molecule has 1 aliphatic rings. The van der Waals surface area contributed by atoms with Crippen molar-refractivity contribution in [1.82, 2.24) is 0 Å². The van der Waals surface area contributed by atoms with E-state index in [9.17, 15) is 0 Å². The average Bonchev–Trinajstić information content (AvgIpc) is 2.00. The van der Waals surface area contributed by atoms with Crippen LogP contribution >= 0.6 is 0 Å². The predicted molar refractivity (Wildman–Crippen MR) is 50.2 cm³/mol. The van der Waals surface area contributed by atoms with Crippen molar-refractivity contribution in [2.24, 2.45) is 16.6 Å². The molecule has 3 nitrogen and oxygen atoms in total. The fourth-order valence-corrected chi connectivity index (χ4v) is 1.42. The van der Waals surface area contributed by atoms with Crippen LogP contribution in [0, 0.1) is 5.92 Å². The molecule has 2 N–H and O–H groups in total. The summed E-state index contributed by atoms with van der Waals surface area (Å²) < 4.78 is 5.03. The van der Waals surface area contributed by atoms with Gasteiger partial charge in [-0.3, -0.25) is 4.99 Å². The number of aliphatic imine (C=N–C) groups is 1. The fraction of sp³-hybridized carbons (Fsp3) is 0.667. The molecule has 0 aromatic heterocycles. The van der Waals surface area contributed by atoms with E-state index in [0.29, 0.717) is 6.04 Å². The van der Waals surface area contributed by atoms with Crippen molar-refractivity contribution in [1.29, 1.82) is 0 Å². The van der Waals surface area contributed by atoms with Crippen LogP contribution in [0.1, 0.15) is 12.8 Å². The zero-order chi connectivity index (χ0) is 8.81. The second-order valence-corrected chi connectivity index (χ2v) is 3.13. The zero-order valence-electron chi connectivity index (χ0n) is 7.44. The third-order valence-electron chi connectivity index (χ3n) is 2.11. The highest BCUT2D eigenvalue weighted by molar-refractivity contribution is 5.70. The molecule has 0 unspecified atom stereocenters. The lowest BCUT2D eigenvalue weighted by molar-refractivity contribution is 0.100. The highest BCUT2D eigenvalue weighted by Crippen LogP contribution is 2.29. The predicted octanol–water partition coefficient (Wildman–Crippen LogP) is 0.955. The largest absolute Gasteiger partial charge is 0.405 e. The van der Waals surface area contributed by atoms with Crippen LogP contribution in [-0.4, -0.2) is 26.0 Å². The highest BCUT2D eigenvalue weighted by atomic mass is 16.5. The molecule has 1 aliphatic carbocycles. The Kier molecular flexibility index (Phi) is 3.80. The molecule has 68 valence electrons.